The second-order valence-electron chi connectivity index (χ2n) is 8.53. The Kier molecular flexibility index (Phi) is 8.20. The van der Waals surface area contributed by atoms with Crippen LogP contribution >= 0.6 is 0 Å². The Hall–Kier alpha value is -4.17. The summed E-state index contributed by atoms with van der Waals surface area (Å²) >= 11 is 0. The Morgan fingerprint density at radius 2 is 1.49 bits per heavy atom. The Morgan fingerprint density at radius 1 is 0.865 bits per heavy atom. The van der Waals surface area contributed by atoms with Crippen LogP contribution in [0.25, 0.3) is 0 Å². The van der Waals surface area contributed by atoms with E-state index < -0.39 is 15.9 Å². The molecule has 37 heavy (non-hydrogen) atoms. The lowest BCUT2D eigenvalue weighted by atomic mass is 10.1. The van der Waals surface area contributed by atoms with Crippen molar-refractivity contribution in [2.75, 3.05) is 22.8 Å². The van der Waals surface area contributed by atoms with Crippen molar-refractivity contribution in [2.24, 2.45) is 0 Å². The summed E-state index contributed by atoms with van der Waals surface area (Å²) in [5.74, 6) is 0.130. The number of hydrogen-bond donors (Lipinski definition) is 1. The zero-order valence-electron chi connectivity index (χ0n) is 20.8. The maximum absolute atomic E-state index is 13.6. The fraction of sp³-hybridized carbons (Fsp3) is 0.172. The first-order valence-electron chi connectivity index (χ1n) is 11.9. The van der Waals surface area contributed by atoms with Gasteiger partial charge in [0.2, 0.25) is 5.91 Å². The van der Waals surface area contributed by atoms with E-state index in [-0.39, 0.29) is 11.4 Å². The van der Waals surface area contributed by atoms with Gasteiger partial charge in [-0.3, -0.25) is 14.1 Å². The Balaban J connectivity index is 1.52. The normalized spacial score (nSPS) is 11.1. The van der Waals surface area contributed by atoms with Gasteiger partial charge in [-0.05, 0) is 92.1 Å². The molecule has 4 rings (SSSR count). The number of amides is 1. The summed E-state index contributed by atoms with van der Waals surface area (Å²) in [6.07, 6.45) is 4.26. The van der Waals surface area contributed by atoms with Crippen molar-refractivity contribution in [2.45, 2.75) is 25.2 Å². The summed E-state index contributed by atoms with van der Waals surface area (Å²) < 4.78 is 33.7. The van der Waals surface area contributed by atoms with Crippen molar-refractivity contribution < 1.29 is 17.9 Å². The Bertz CT molecular complexity index is 1420. The number of ether oxygens (including phenoxy) is 1. The lowest BCUT2D eigenvalue weighted by Gasteiger charge is -2.24. The highest BCUT2D eigenvalue weighted by Gasteiger charge is 2.27. The van der Waals surface area contributed by atoms with Gasteiger partial charge in [-0.1, -0.05) is 29.8 Å². The quantitative estimate of drug-likeness (QED) is 0.313. The molecule has 7 nitrogen and oxygen atoms in total. The molecule has 0 unspecified atom stereocenters. The molecule has 1 N–H and O–H groups in total. The zero-order valence-corrected chi connectivity index (χ0v) is 21.6. The first-order chi connectivity index (χ1) is 17.8. The van der Waals surface area contributed by atoms with Crippen LogP contribution in [-0.2, 0) is 21.2 Å². The number of nitrogens with zero attached hydrogens (tertiary/aromatic N) is 2. The summed E-state index contributed by atoms with van der Waals surface area (Å²) in [5.41, 5.74) is 4.20. The summed E-state index contributed by atoms with van der Waals surface area (Å²) in [6, 6.07) is 24.6. The van der Waals surface area contributed by atoms with E-state index in [1.165, 1.54) is 12.1 Å². The Labute approximate surface area is 217 Å². The second-order valence-corrected chi connectivity index (χ2v) is 10.4. The lowest BCUT2D eigenvalue weighted by molar-refractivity contribution is -0.114. The summed E-state index contributed by atoms with van der Waals surface area (Å²) in [5, 5.41) is 2.82. The average molecular weight is 516 g/mol. The molecule has 0 saturated heterocycles. The van der Waals surface area contributed by atoms with Gasteiger partial charge in [0.25, 0.3) is 10.0 Å². The predicted molar refractivity (Wildman–Crippen MR) is 145 cm³/mol. The van der Waals surface area contributed by atoms with E-state index >= 15 is 0 Å². The van der Waals surface area contributed by atoms with Crippen LogP contribution in [0.1, 0.15) is 23.6 Å². The largest absolute Gasteiger partial charge is 0.494 e. The predicted octanol–water partition coefficient (Wildman–Crippen LogP) is 5.21. The van der Waals surface area contributed by atoms with Crippen molar-refractivity contribution in [1.29, 1.82) is 0 Å². The molecule has 8 heteroatoms. The molecule has 0 aliphatic carbocycles. The topological polar surface area (TPSA) is 88.6 Å². The van der Waals surface area contributed by atoms with Gasteiger partial charge in [0.1, 0.15) is 12.3 Å². The van der Waals surface area contributed by atoms with Crippen molar-refractivity contribution in [3.8, 4) is 5.75 Å². The van der Waals surface area contributed by atoms with E-state index in [0.29, 0.717) is 23.7 Å². The third kappa shape index (κ3) is 6.74. The number of carbonyl (C=O) groups excluding carboxylic acids is 1. The van der Waals surface area contributed by atoms with E-state index in [0.717, 1.165) is 27.4 Å². The molecule has 0 bridgehead atoms. The summed E-state index contributed by atoms with van der Waals surface area (Å²) in [6.45, 7) is 3.88. The maximum Gasteiger partial charge on any atom is 0.264 e. The van der Waals surface area contributed by atoms with Crippen LogP contribution < -0.4 is 14.4 Å². The van der Waals surface area contributed by atoms with Crippen LogP contribution in [-0.4, -0.2) is 32.5 Å². The molecule has 0 atom stereocenters. The highest BCUT2D eigenvalue weighted by molar-refractivity contribution is 7.92. The van der Waals surface area contributed by atoms with Gasteiger partial charge in [-0.15, -0.1) is 0 Å². The van der Waals surface area contributed by atoms with E-state index in [9.17, 15) is 13.2 Å². The molecule has 1 heterocycles. The number of nitrogens with one attached hydrogen (secondary N) is 1. The second kappa shape index (κ2) is 11.7. The van der Waals surface area contributed by atoms with Gasteiger partial charge in [0, 0.05) is 18.1 Å². The molecule has 1 aromatic heterocycles. The maximum atomic E-state index is 13.6. The monoisotopic (exact) mass is 515 g/mol. The number of aryl methyl sites for hydroxylation is 1. The minimum absolute atomic E-state index is 0.0739. The van der Waals surface area contributed by atoms with E-state index in [2.05, 4.69) is 10.3 Å². The van der Waals surface area contributed by atoms with Crippen molar-refractivity contribution in [3.05, 3.63) is 114 Å². The highest BCUT2D eigenvalue weighted by Crippen LogP contribution is 2.26. The number of hydrogen-bond acceptors (Lipinski definition) is 5. The first-order valence-corrected chi connectivity index (χ1v) is 13.4. The van der Waals surface area contributed by atoms with Crippen LogP contribution in [0.4, 0.5) is 11.4 Å². The minimum Gasteiger partial charge on any atom is -0.494 e. The van der Waals surface area contributed by atoms with Gasteiger partial charge < -0.3 is 10.1 Å². The highest BCUT2D eigenvalue weighted by atomic mass is 32.2. The summed E-state index contributed by atoms with van der Waals surface area (Å²) in [4.78, 5) is 17.1. The molecule has 0 fully saturated rings. The standard InChI is InChI=1S/C29H29N3O4S/c1-3-36-27-12-14-28(15-13-27)37(34,35)32(26-10-4-22(2)5-11-26)21-29(33)31-25-8-6-23(7-9-25)20-24-16-18-30-19-17-24/h4-19H,3,20-21H2,1-2H3,(H,31,33). The third-order valence-corrected chi connectivity index (χ3v) is 7.52. The van der Waals surface area contributed by atoms with Crippen molar-refractivity contribution >= 4 is 27.3 Å². The van der Waals surface area contributed by atoms with Crippen LogP contribution in [0.3, 0.4) is 0 Å². The van der Waals surface area contributed by atoms with E-state index in [4.69, 9.17) is 4.74 Å². The summed E-state index contributed by atoms with van der Waals surface area (Å²) in [7, 11) is -4.02. The van der Waals surface area contributed by atoms with Crippen molar-refractivity contribution in [3.63, 3.8) is 0 Å². The molecule has 0 aliphatic rings. The average Bonchev–Trinajstić information content (AvgIpc) is 2.90. The number of anilines is 2. The van der Waals surface area contributed by atoms with Gasteiger partial charge in [-0.2, -0.15) is 0 Å². The number of aromatic nitrogens is 1. The van der Waals surface area contributed by atoms with Gasteiger partial charge in [0.15, 0.2) is 0 Å². The molecular formula is C29H29N3O4S. The fourth-order valence-corrected chi connectivity index (χ4v) is 5.22. The number of sulfonamides is 1. The number of carbonyl (C=O) groups is 1. The molecule has 0 spiro atoms. The van der Waals surface area contributed by atoms with Gasteiger partial charge in [-0.25, -0.2) is 8.42 Å². The number of benzene rings is 3. The first kappa shape index (κ1) is 25.9. The third-order valence-electron chi connectivity index (χ3n) is 5.73. The van der Waals surface area contributed by atoms with E-state index in [1.807, 2.05) is 62.4 Å². The lowest BCUT2D eigenvalue weighted by Crippen LogP contribution is -2.38. The fourth-order valence-electron chi connectivity index (χ4n) is 3.80. The molecular weight excluding hydrogens is 486 g/mol. The van der Waals surface area contributed by atoms with E-state index in [1.54, 1.807) is 36.7 Å². The van der Waals surface area contributed by atoms with Crippen LogP contribution in [0.2, 0.25) is 0 Å². The van der Waals surface area contributed by atoms with Crippen LogP contribution in [0.15, 0.2) is 102 Å². The van der Waals surface area contributed by atoms with Crippen molar-refractivity contribution in [1.82, 2.24) is 4.98 Å². The smallest absolute Gasteiger partial charge is 0.264 e. The molecule has 1 amide bonds. The minimum atomic E-state index is -4.02. The van der Waals surface area contributed by atoms with Gasteiger partial charge >= 0.3 is 0 Å². The Morgan fingerprint density at radius 3 is 2.11 bits per heavy atom. The molecule has 0 saturated carbocycles. The number of pyridine rings is 1. The molecule has 0 aliphatic heterocycles. The molecule has 4 aromatic rings. The van der Waals surface area contributed by atoms with Gasteiger partial charge in [0.05, 0.1) is 17.2 Å². The van der Waals surface area contributed by atoms with Crippen LogP contribution in [0, 0.1) is 6.92 Å². The molecule has 190 valence electrons. The zero-order chi connectivity index (χ0) is 26.3. The van der Waals surface area contributed by atoms with Crippen LogP contribution in [0.5, 0.6) is 5.75 Å². The number of rotatable bonds is 10. The SMILES string of the molecule is CCOc1ccc(S(=O)(=O)N(CC(=O)Nc2ccc(Cc3ccncc3)cc2)c2ccc(C)cc2)cc1. The molecule has 0 radical (unpaired) electrons. The molecule has 3 aromatic carbocycles.